The topological polar surface area (TPSA) is 170 Å². The summed E-state index contributed by atoms with van der Waals surface area (Å²) in [6.45, 7) is 0.279. The van der Waals surface area contributed by atoms with Crippen LogP contribution in [0.4, 0.5) is 10.5 Å². The van der Waals surface area contributed by atoms with E-state index >= 15 is 0 Å². The number of nitriles is 3. The number of nitro groups is 1. The quantitative estimate of drug-likeness (QED) is 0.510. The minimum Gasteiger partial charge on any atom is -0.445 e. The molecule has 2 N–H and O–H groups in total. The molecule has 1 aliphatic heterocycles. The summed E-state index contributed by atoms with van der Waals surface area (Å²) in [6.07, 6.45) is 1.09. The van der Waals surface area contributed by atoms with Gasteiger partial charge in [0.1, 0.15) is 12.7 Å². The lowest BCUT2D eigenvalue weighted by Crippen LogP contribution is -2.49. The molecule has 0 bridgehead atoms. The molecule has 2 aromatic rings. The van der Waals surface area contributed by atoms with Gasteiger partial charge in [-0.05, 0) is 16.7 Å². The van der Waals surface area contributed by atoms with Gasteiger partial charge in [-0.25, -0.2) is 4.79 Å². The Morgan fingerprint density at radius 1 is 1.14 bits per heavy atom. The van der Waals surface area contributed by atoms with Gasteiger partial charge in [-0.15, -0.1) is 0 Å². The Kier molecular flexibility index (Phi) is 6.41. The lowest BCUT2D eigenvalue weighted by Gasteiger charge is -2.45. The Morgan fingerprint density at radius 3 is 2.39 bits per heavy atom. The van der Waals surface area contributed by atoms with Crippen molar-refractivity contribution in [1.82, 2.24) is 4.90 Å². The first-order valence-corrected chi connectivity index (χ1v) is 11.0. The van der Waals surface area contributed by atoms with Gasteiger partial charge in [0.05, 0.1) is 28.3 Å². The van der Waals surface area contributed by atoms with Crippen LogP contribution in [0.5, 0.6) is 0 Å². The minimum atomic E-state index is -1.92. The average molecular weight is 480 g/mol. The van der Waals surface area contributed by atoms with E-state index in [4.69, 9.17) is 10.5 Å². The first kappa shape index (κ1) is 24.0. The van der Waals surface area contributed by atoms with E-state index in [1.54, 1.807) is 6.08 Å². The summed E-state index contributed by atoms with van der Waals surface area (Å²) in [7, 11) is 0. The van der Waals surface area contributed by atoms with Crippen LogP contribution in [0.2, 0.25) is 0 Å². The van der Waals surface area contributed by atoms with E-state index in [0.29, 0.717) is 11.1 Å². The molecule has 0 fully saturated rings. The van der Waals surface area contributed by atoms with Crippen molar-refractivity contribution in [3.8, 4) is 18.2 Å². The fourth-order valence-electron chi connectivity index (χ4n) is 4.82. The molecule has 2 aromatic carbocycles. The number of benzene rings is 2. The highest BCUT2D eigenvalue weighted by Crippen LogP contribution is 2.54. The highest BCUT2D eigenvalue weighted by molar-refractivity contribution is 5.69. The van der Waals surface area contributed by atoms with E-state index in [0.717, 1.165) is 5.56 Å². The highest BCUT2D eigenvalue weighted by Gasteiger charge is 2.54. The Labute approximate surface area is 206 Å². The van der Waals surface area contributed by atoms with Crippen molar-refractivity contribution in [1.29, 1.82) is 15.8 Å². The van der Waals surface area contributed by atoms with Crippen LogP contribution in [0.1, 0.15) is 17.0 Å². The molecule has 0 unspecified atom stereocenters. The van der Waals surface area contributed by atoms with Crippen molar-refractivity contribution in [2.24, 2.45) is 17.1 Å². The molecule has 0 saturated carbocycles. The van der Waals surface area contributed by atoms with Gasteiger partial charge < -0.3 is 15.4 Å². The van der Waals surface area contributed by atoms with Crippen LogP contribution in [0, 0.1) is 55.4 Å². The van der Waals surface area contributed by atoms with Gasteiger partial charge >= 0.3 is 6.09 Å². The normalized spacial score (nSPS) is 20.1. The van der Waals surface area contributed by atoms with E-state index in [1.807, 2.05) is 48.5 Å². The van der Waals surface area contributed by atoms with Crippen LogP contribution in [0.25, 0.3) is 0 Å². The number of fused-ring (bicyclic) bond motifs is 1. The van der Waals surface area contributed by atoms with Gasteiger partial charge in [0.15, 0.2) is 5.41 Å². The molecule has 1 aliphatic carbocycles. The number of nitro benzene ring substituents is 1. The van der Waals surface area contributed by atoms with Crippen LogP contribution in [-0.2, 0) is 11.3 Å². The summed E-state index contributed by atoms with van der Waals surface area (Å²) in [5.74, 6) is -1.54. The van der Waals surface area contributed by atoms with E-state index < -0.39 is 28.3 Å². The molecule has 2 atom stereocenters. The number of ether oxygens (including phenoxy) is 1. The second-order valence-corrected chi connectivity index (χ2v) is 8.47. The lowest BCUT2D eigenvalue weighted by molar-refractivity contribution is -0.384. The van der Waals surface area contributed by atoms with E-state index in [-0.39, 0.29) is 36.7 Å². The maximum Gasteiger partial charge on any atom is 0.410 e. The van der Waals surface area contributed by atoms with Gasteiger partial charge in [-0.3, -0.25) is 10.1 Å². The van der Waals surface area contributed by atoms with Gasteiger partial charge in [0, 0.05) is 37.1 Å². The number of carbonyl (C=O) groups is 1. The highest BCUT2D eigenvalue weighted by atomic mass is 16.6. The largest absolute Gasteiger partial charge is 0.445 e. The zero-order valence-electron chi connectivity index (χ0n) is 19.0. The van der Waals surface area contributed by atoms with E-state index in [1.165, 1.54) is 29.2 Å². The fraction of sp³-hybridized carbons (Fsp3) is 0.231. The summed E-state index contributed by atoms with van der Waals surface area (Å²) >= 11 is 0. The maximum absolute atomic E-state index is 12.9. The second kappa shape index (κ2) is 9.61. The van der Waals surface area contributed by atoms with Gasteiger partial charge in [-0.1, -0.05) is 48.5 Å². The average Bonchev–Trinajstić information content (AvgIpc) is 2.91. The van der Waals surface area contributed by atoms with Crippen LogP contribution < -0.4 is 5.73 Å². The van der Waals surface area contributed by atoms with Gasteiger partial charge in [0.25, 0.3) is 5.69 Å². The zero-order valence-corrected chi connectivity index (χ0v) is 19.0. The van der Waals surface area contributed by atoms with Crippen molar-refractivity contribution in [2.75, 3.05) is 13.1 Å². The Hall–Kier alpha value is -5.14. The number of nitrogens with zero attached hydrogens (tertiary/aromatic N) is 5. The van der Waals surface area contributed by atoms with Crippen LogP contribution >= 0.6 is 0 Å². The molecule has 4 rings (SSSR count). The van der Waals surface area contributed by atoms with Gasteiger partial charge in [0.2, 0.25) is 0 Å². The zero-order chi connectivity index (χ0) is 25.9. The molecule has 178 valence electrons. The molecule has 0 spiro atoms. The molecule has 1 amide bonds. The number of amides is 1. The van der Waals surface area contributed by atoms with E-state index in [9.17, 15) is 30.7 Å². The number of nitrogens with two attached hydrogens (primary N) is 1. The Morgan fingerprint density at radius 2 is 1.81 bits per heavy atom. The summed E-state index contributed by atoms with van der Waals surface area (Å²) in [6, 6.07) is 20.7. The summed E-state index contributed by atoms with van der Waals surface area (Å²) in [5.41, 5.74) is 5.88. The van der Waals surface area contributed by atoms with Crippen molar-refractivity contribution in [3.05, 3.63) is 98.8 Å². The molecule has 36 heavy (non-hydrogen) atoms. The minimum absolute atomic E-state index is 0.0403. The fourth-order valence-corrected chi connectivity index (χ4v) is 4.82. The van der Waals surface area contributed by atoms with Crippen molar-refractivity contribution >= 4 is 11.8 Å². The molecular weight excluding hydrogens is 460 g/mol. The number of carbonyl (C=O) groups excluding carboxylic acids is 1. The first-order valence-electron chi connectivity index (χ1n) is 11.0. The summed E-state index contributed by atoms with van der Waals surface area (Å²) in [4.78, 5) is 24.9. The summed E-state index contributed by atoms with van der Waals surface area (Å²) in [5, 5.41) is 41.3. The third kappa shape index (κ3) is 4.00. The number of rotatable bonds is 4. The lowest BCUT2D eigenvalue weighted by atomic mass is 9.58. The molecule has 0 saturated heterocycles. The van der Waals surface area contributed by atoms with Crippen LogP contribution in [0.3, 0.4) is 0 Å². The van der Waals surface area contributed by atoms with Gasteiger partial charge in [-0.2, -0.15) is 15.8 Å². The third-order valence-electron chi connectivity index (χ3n) is 6.59. The smallest absolute Gasteiger partial charge is 0.410 e. The first-order chi connectivity index (χ1) is 17.4. The monoisotopic (exact) mass is 480 g/mol. The standard InChI is InChI=1S/C26H20N6O4/c27-12-21-20-10-11-31(25(33)36-14-17-4-2-1-3-5-17)13-22(20)23(26(15-28,16-29)24(21)30)18-6-8-19(9-7-18)32(34)35/h1-10,22-23H,11,13-14,30H2/t22-,23-/m1/s1. The van der Waals surface area contributed by atoms with Crippen molar-refractivity contribution < 1.29 is 14.5 Å². The van der Waals surface area contributed by atoms with E-state index in [2.05, 4.69) is 0 Å². The predicted octanol–water partition coefficient (Wildman–Crippen LogP) is 3.66. The Balaban J connectivity index is 1.74. The Bertz CT molecular complexity index is 1380. The number of hydrogen-bond donors (Lipinski definition) is 1. The third-order valence-corrected chi connectivity index (χ3v) is 6.59. The second-order valence-electron chi connectivity index (χ2n) is 8.47. The molecule has 0 radical (unpaired) electrons. The predicted molar refractivity (Wildman–Crippen MR) is 126 cm³/mol. The maximum atomic E-state index is 12.9. The number of hydrogen-bond acceptors (Lipinski definition) is 8. The molecule has 10 nitrogen and oxygen atoms in total. The molecular formula is C26H20N6O4. The molecule has 2 aliphatic rings. The molecule has 0 aromatic heterocycles. The number of non-ortho nitro benzene ring substituents is 1. The molecule has 10 heteroatoms. The van der Waals surface area contributed by atoms with Crippen LogP contribution in [0.15, 0.2) is 77.5 Å². The van der Waals surface area contributed by atoms with Crippen molar-refractivity contribution in [3.63, 3.8) is 0 Å². The summed E-state index contributed by atoms with van der Waals surface area (Å²) < 4.78 is 5.46. The SMILES string of the molecule is N#CC1=C(N)C(C#N)(C#N)[C@H](c2ccc([N+](=O)[O-])cc2)[C@@H]2CN(C(=O)OCc3ccccc3)CC=C12. The van der Waals surface area contributed by atoms with Crippen LogP contribution in [-0.4, -0.2) is 29.0 Å². The molecule has 1 heterocycles. The number of allylic oxidation sites excluding steroid dienone is 2. The van der Waals surface area contributed by atoms with Crippen molar-refractivity contribution in [2.45, 2.75) is 12.5 Å².